The van der Waals surface area contributed by atoms with E-state index in [2.05, 4.69) is 26.3 Å². The van der Waals surface area contributed by atoms with Gasteiger partial charge in [-0.2, -0.15) is 0 Å². The molecule has 0 aliphatic heterocycles. The molecule has 2 N–H and O–H groups in total. The highest BCUT2D eigenvalue weighted by Gasteiger charge is 2.26. The summed E-state index contributed by atoms with van der Waals surface area (Å²) in [5, 5.41) is 11.1. The van der Waals surface area contributed by atoms with Crippen LogP contribution in [0.1, 0.15) is 69.3 Å². The minimum absolute atomic E-state index is 0.348. The summed E-state index contributed by atoms with van der Waals surface area (Å²) in [5.74, 6) is 3.94. The van der Waals surface area contributed by atoms with Gasteiger partial charge in [0.25, 0.3) is 0 Å². The Morgan fingerprint density at radius 2 is 1.91 bits per heavy atom. The number of nitrogens with zero attached hydrogens (tertiary/aromatic N) is 3. The fraction of sp³-hybridized carbons (Fsp3) is 0.647. The Balaban J connectivity index is 1.81. The summed E-state index contributed by atoms with van der Waals surface area (Å²) < 4.78 is 0. The topological polar surface area (TPSA) is 74.0 Å². The lowest BCUT2D eigenvalue weighted by Gasteiger charge is -2.24. The van der Waals surface area contributed by atoms with Crippen molar-refractivity contribution < 1.29 is 0 Å². The van der Waals surface area contributed by atoms with Crippen LogP contribution in [-0.2, 0) is 0 Å². The van der Waals surface area contributed by atoms with E-state index < -0.39 is 0 Å². The van der Waals surface area contributed by atoms with Gasteiger partial charge in [-0.05, 0) is 39.5 Å². The third-order valence-corrected chi connectivity index (χ3v) is 4.39. The molecular formula is C17H25N5. The molecule has 0 atom stereocenters. The fourth-order valence-electron chi connectivity index (χ4n) is 3.15. The van der Waals surface area contributed by atoms with E-state index in [1.807, 2.05) is 6.92 Å². The predicted molar refractivity (Wildman–Crippen MR) is 89.8 cm³/mol. The molecule has 3 rings (SSSR count). The van der Waals surface area contributed by atoms with E-state index in [1.165, 1.54) is 32.1 Å². The average molecular weight is 299 g/mol. The number of rotatable bonds is 3. The summed E-state index contributed by atoms with van der Waals surface area (Å²) in [6.07, 6.45) is 8.58. The highest BCUT2D eigenvalue weighted by Crippen LogP contribution is 2.39. The Hall–Kier alpha value is -1.78. The molecule has 1 aromatic rings. The van der Waals surface area contributed by atoms with Gasteiger partial charge in [0.05, 0.1) is 0 Å². The van der Waals surface area contributed by atoms with E-state index in [0.29, 0.717) is 17.7 Å². The second-order valence-corrected chi connectivity index (χ2v) is 6.54. The quantitative estimate of drug-likeness (QED) is 0.653. The maximum atomic E-state index is 7.71. The van der Waals surface area contributed by atoms with Crippen LogP contribution in [0.15, 0.2) is 11.1 Å². The van der Waals surface area contributed by atoms with Crippen LogP contribution in [0, 0.1) is 18.3 Å². The van der Waals surface area contributed by atoms with Crippen molar-refractivity contribution in [1.82, 2.24) is 9.97 Å². The number of hydrogen-bond donors (Lipinski definition) is 2. The van der Waals surface area contributed by atoms with Crippen molar-refractivity contribution in [1.29, 1.82) is 5.41 Å². The van der Waals surface area contributed by atoms with E-state index in [0.717, 1.165) is 36.0 Å². The van der Waals surface area contributed by atoms with Gasteiger partial charge in [0.1, 0.15) is 23.3 Å². The standard InChI is InChI=1S/C17H25N5/c1-11(18)19-17(14-6-4-3-5-7-14)22-16-10-15(13-8-9-13)20-12(2)21-16/h10,13-14H,3-9H2,1-2H3,(H2,18,19,20,21,22). The second kappa shape index (κ2) is 6.55. The molecule has 1 aromatic heterocycles. The molecule has 5 nitrogen and oxygen atoms in total. The molecule has 0 radical (unpaired) electrons. The van der Waals surface area contributed by atoms with Crippen molar-refractivity contribution in [2.45, 2.75) is 64.7 Å². The molecule has 0 saturated heterocycles. The normalized spacial score (nSPS) is 20.0. The van der Waals surface area contributed by atoms with Crippen LogP contribution in [0.5, 0.6) is 0 Å². The maximum Gasteiger partial charge on any atom is 0.135 e. The summed E-state index contributed by atoms with van der Waals surface area (Å²) in [5.41, 5.74) is 1.14. The third kappa shape index (κ3) is 3.90. The van der Waals surface area contributed by atoms with Gasteiger partial charge in [-0.1, -0.05) is 19.3 Å². The summed E-state index contributed by atoms with van der Waals surface area (Å²) in [6.45, 7) is 3.67. The Morgan fingerprint density at radius 3 is 2.55 bits per heavy atom. The lowest BCUT2D eigenvalue weighted by Crippen LogP contribution is -2.26. The fourth-order valence-corrected chi connectivity index (χ4v) is 3.15. The Labute approximate surface area is 132 Å². The van der Waals surface area contributed by atoms with Crippen LogP contribution in [0.2, 0.25) is 0 Å². The van der Waals surface area contributed by atoms with Crippen LogP contribution < -0.4 is 5.32 Å². The van der Waals surface area contributed by atoms with Crippen molar-refractivity contribution in [3.63, 3.8) is 0 Å². The Bertz CT molecular complexity index is 583. The van der Waals surface area contributed by atoms with Crippen LogP contribution in [0.3, 0.4) is 0 Å². The smallest absolute Gasteiger partial charge is 0.135 e. The number of nitrogens with one attached hydrogen (secondary N) is 2. The molecule has 0 amide bonds. The third-order valence-electron chi connectivity index (χ3n) is 4.39. The number of aryl methyl sites for hydroxylation is 1. The van der Waals surface area contributed by atoms with Gasteiger partial charge in [0.15, 0.2) is 0 Å². The van der Waals surface area contributed by atoms with Crippen molar-refractivity contribution in [2.24, 2.45) is 10.9 Å². The minimum atomic E-state index is 0.348. The number of aromatic nitrogens is 2. The van der Waals surface area contributed by atoms with Crippen LogP contribution >= 0.6 is 0 Å². The highest BCUT2D eigenvalue weighted by molar-refractivity contribution is 6.03. The van der Waals surface area contributed by atoms with Gasteiger partial charge in [0, 0.05) is 23.6 Å². The molecular weight excluding hydrogens is 274 g/mol. The zero-order valence-electron chi connectivity index (χ0n) is 13.5. The summed E-state index contributed by atoms with van der Waals surface area (Å²) in [4.78, 5) is 13.5. The molecule has 22 heavy (non-hydrogen) atoms. The molecule has 2 aliphatic rings. The first kappa shape index (κ1) is 15.1. The van der Waals surface area contributed by atoms with Crippen molar-refractivity contribution in [3.8, 4) is 0 Å². The maximum absolute atomic E-state index is 7.71. The summed E-state index contributed by atoms with van der Waals surface area (Å²) in [6, 6.07) is 2.06. The van der Waals surface area contributed by atoms with Gasteiger partial charge in [0.2, 0.25) is 0 Å². The van der Waals surface area contributed by atoms with Crippen LogP contribution in [0.25, 0.3) is 0 Å². The lowest BCUT2D eigenvalue weighted by atomic mass is 9.88. The molecule has 1 heterocycles. The Kier molecular flexibility index (Phi) is 4.50. The number of hydrogen-bond acceptors (Lipinski definition) is 3. The molecule has 0 unspecified atom stereocenters. The molecule has 2 saturated carbocycles. The highest BCUT2D eigenvalue weighted by atomic mass is 15.1. The minimum Gasteiger partial charge on any atom is -0.328 e. The van der Waals surface area contributed by atoms with Gasteiger partial charge in [-0.15, -0.1) is 0 Å². The van der Waals surface area contributed by atoms with Crippen molar-refractivity contribution in [2.75, 3.05) is 5.32 Å². The Morgan fingerprint density at radius 1 is 1.18 bits per heavy atom. The first-order valence-corrected chi connectivity index (χ1v) is 8.38. The molecule has 118 valence electrons. The monoisotopic (exact) mass is 299 g/mol. The largest absolute Gasteiger partial charge is 0.328 e. The molecule has 2 aliphatic carbocycles. The van der Waals surface area contributed by atoms with E-state index in [4.69, 9.17) is 5.41 Å². The number of aliphatic imine (C=N–C) groups is 1. The first-order chi connectivity index (χ1) is 10.6. The van der Waals surface area contributed by atoms with Gasteiger partial charge < -0.3 is 5.32 Å². The molecule has 0 bridgehead atoms. The molecule has 0 aromatic carbocycles. The zero-order valence-corrected chi connectivity index (χ0v) is 13.5. The van der Waals surface area contributed by atoms with Crippen molar-refractivity contribution >= 4 is 17.5 Å². The molecule has 2 fully saturated rings. The van der Waals surface area contributed by atoms with E-state index >= 15 is 0 Å². The van der Waals surface area contributed by atoms with E-state index in [1.54, 1.807) is 6.92 Å². The number of amidine groups is 2. The summed E-state index contributed by atoms with van der Waals surface area (Å²) >= 11 is 0. The van der Waals surface area contributed by atoms with E-state index in [9.17, 15) is 0 Å². The van der Waals surface area contributed by atoms with Crippen LogP contribution in [-0.4, -0.2) is 21.6 Å². The first-order valence-electron chi connectivity index (χ1n) is 8.38. The van der Waals surface area contributed by atoms with E-state index in [-0.39, 0.29) is 0 Å². The van der Waals surface area contributed by atoms with Gasteiger partial charge in [-0.3, -0.25) is 5.41 Å². The van der Waals surface area contributed by atoms with Gasteiger partial charge >= 0.3 is 0 Å². The average Bonchev–Trinajstić information content (AvgIpc) is 3.31. The van der Waals surface area contributed by atoms with Gasteiger partial charge in [-0.25, -0.2) is 15.0 Å². The lowest BCUT2D eigenvalue weighted by molar-refractivity contribution is 0.439. The SMILES string of the molecule is CC(=N)/N=C(\Nc1cc(C2CC2)nc(C)n1)C1CCCCC1. The zero-order chi connectivity index (χ0) is 15.5. The summed E-state index contributed by atoms with van der Waals surface area (Å²) in [7, 11) is 0. The molecule has 0 spiro atoms. The van der Waals surface area contributed by atoms with Crippen molar-refractivity contribution in [3.05, 3.63) is 17.6 Å². The predicted octanol–water partition coefficient (Wildman–Crippen LogP) is 4.05. The second-order valence-electron chi connectivity index (χ2n) is 6.54. The van der Waals surface area contributed by atoms with Crippen LogP contribution in [0.4, 0.5) is 5.82 Å². The number of anilines is 1. The molecule has 5 heteroatoms.